The van der Waals surface area contributed by atoms with Gasteiger partial charge in [-0.15, -0.1) is 0 Å². The molecule has 0 saturated carbocycles. The molecule has 18 heavy (non-hydrogen) atoms. The van der Waals surface area contributed by atoms with E-state index in [2.05, 4.69) is 40.8 Å². The fourth-order valence-corrected chi connectivity index (χ4v) is 2.87. The Balaban J connectivity index is 1.68. The fraction of sp³-hybridized carbons (Fsp3) is 0.667. The van der Waals surface area contributed by atoms with Crippen molar-refractivity contribution in [3.8, 4) is 0 Å². The molecule has 0 bridgehead atoms. The van der Waals surface area contributed by atoms with Gasteiger partial charge in [-0.3, -0.25) is 0 Å². The number of anilines is 2. The Morgan fingerprint density at radius 3 is 2.56 bits per heavy atom. The Kier molecular flexibility index (Phi) is 3.14. The van der Waals surface area contributed by atoms with Gasteiger partial charge in [-0.05, 0) is 30.7 Å². The van der Waals surface area contributed by atoms with E-state index in [4.69, 9.17) is 0 Å². The van der Waals surface area contributed by atoms with Gasteiger partial charge in [0.2, 0.25) is 0 Å². The predicted octanol–water partition coefficient (Wildman–Crippen LogP) is 2.77. The van der Waals surface area contributed by atoms with Crippen molar-refractivity contribution in [3.63, 3.8) is 0 Å². The average Bonchev–Trinajstić information content (AvgIpc) is 2.80. The van der Waals surface area contributed by atoms with Crippen molar-refractivity contribution < 1.29 is 0 Å². The van der Waals surface area contributed by atoms with Crippen LogP contribution in [-0.4, -0.2) is 31.2 Å². The molecule has 0 atom stereocenters. The summed E-state index contributed by atoms with van der Waals surface area (Å²) in [6.45, 7) is 9.41. The summed E-state index contributed by atoms with van der Waals surface area (Å²) >= 11 is 0. The molecule has 1 aromatic heterocycles. The topological polar surface area (TPSA) is 19.4 Å². The highest BCUT2D eigenvalue weighted by atomic mass is 15.2. The van der Waals surface area contributed by atoms with E-state index >= 15 is 0 Å². The third-order valence-corrected chi connectivity index (χ3v) is 4.38. The van der Waals surface area contributed by atoms with Crippen LogP contribution in [0.25, 0.3) is 0 Å². The zero-order valence-corrected chi connectivity index (χ0v) is 11.5. The number of rotatable bonds is 3. The summed E-state index contributed by atoms with van der Waals surface area (Å²) in [6, 6.07) is 4.41. The molecular weight excluding hydrogens is 222 g/mol. The second-order valence-electron chi connectivity index (χ2n) is 5.98. The standard InChI is InChI=1S/C15H23N3/c1-12(2)13-10-18(11-13)14-5-6-16-15(9-14)17-7-3-4-8-17/h5-6,9,12-13H,3-4,7-8,10-11H2,1-2H3. The number of pyridine rings is 1. The summed E-state index contributed by atoms with van der Waals surface area (Å²) in [5.41, 5.74) is 1.35. The van der Waals surface area contributed by atoms with Crippen molar-refractivity contribution in [1.29, 1.82) is 0 Å². The predicted molar refractivity (Wildman–Crippen MR) is 76.2 cm³/mol. The van der Waals surface area contributed by atoms with Gasteiger partial charge in [0.25, 0.3) is 0 Å². The maximum atomic E-state index is 4.52. The summed E-state index contributed by atoms with van der Waals surface area (Å²) in [4.78, 5) is 9.40. The van der Waals surface area contributed by atoms with Crippen LogP contribution in [-0.2, 0) is 0 Å². The highest BCUT2D eigenvalue weighted by molar-refractivity contribution is 5.56. The van der Waals surface area contributed by atoms with Crippen molar-refractivity contribution in [3.05, 3.63) is 18.3 Å². The molecule has 0 N–H and O–H groups in total. The van der Waals surface area contributed by atoms with Gasteiger partial charge in [0.15, 0.2) is 0 Å². The minimum atomic E-state index is 0.807. The first-order chi connectivity index (χ1) is 8.74. The maximum Gasteiger partial charge on any atom is 0.130 e. The first-order valence-corrected chi connectivity index (χ1v) is 7.20. The normalized spacial score (nSPS) is 20.6. The molecule has 98 valence electrons. The van der Waals surface area contributed by atoms with Crippen LogP contribution >= 0.6 is 0 Å². The Labute approximate surface area is 110 Å². The third-order valence-electron chi connectivity index (χ3n) is 4.38. The van der Waals surface area contributed by atoms with Crippen LogP contribution in [0.15, 0.2) is 18.3 Å². The van der Waals surface area contributed by atoms with Gasteiger partial charge in [0.1, 0.15) is 5.82 Å². The number of hydrogen-bond acceptors (Lipinski definition) is 3. The maximum absolute atomic E-state index is 4.52. The number of nitrogens with zero attached hydrogens (tertiary/aromatic N) is 3. The van der Waals surface area contributed by atoms with Crippen molar-refractivity contribution in [2.24, 2.45) is 11.8 Å². The van der Waals surface area contributed by atoms with Crippen LogP contribution in [0.4, 0.5) is 11.5 Å². The molecule has 0 radical (unpaired) electrons. The smallest absolute Gasteiger partial charge is 0.130 e. The molecule has 3 heteroatoms. The van der Waals surface area contributed by atoms with Gasteiger partial charge in [-0.2, -0.15) is 0 Å². The number of hydrogen-bond donors (Lipinski definition) is 0. The minimum absolute atomic E-state index is 0.807. The zero-order chi connectivity index (χ0) is 12.5. The Bertz CT molecular complexity index is 404. The van der Waals surface area contributed by atoms with Crippen LogP contribution in [0.1, 0.15) is 26.7 Å². The first-order valence-electron chi connectivity index (χ1n) is 7.20. The lowest BCUT2D eigenvalue weighted by molar-refractivity contribution is 0.310. The molecule has 0 spiro atoms. The molecule has 1 aromatic rings. The van der Waals surface area contributed by atoms with Gasteiger partial charge in [-0.1, -0.05) is 13.8 Å². The first kappa shape index (κ1) is 11.8. The fourth-order valence-electron chi connectivity index (χ4n) is 2.87. The SMILES string of the molecule is CC(C)C1CN(c2ccnc(N3CCCC3)c2)C1. The van der Waals surface area contributed by atoms with Gasteiger partial charge in [0.05, 0.1) is 0 Å². The molecule has 2 fully saturated rings. The molecule has 0 unspecified atom stereocenters. The molecule has 2 aliphatic heterocycles. The van der Waals surface area contributed by atoms with E-state index in [1.807, 2.05) is 6.20 Å². The molecule has 0 aliphatic carbocycles. The highest BCUT2D eigenvalue weighted by Gasteiger charge is 2.29. The Morgan fingerprint density at radius 1 is 1.17 bits per heavy atom. The lowest BCUT2D eigenvalue weighted by Gasteiger charge is -2.43. The van der Waals surface area contributed by atoms with Crippen LogP contribution in [0.3, 0.4) is 0 Å². The Morgan fingerprint density at radius 2 is 1.89 bits per heavy atom. The van der Waals surface area contributed by atoms with E-state index in [1.165, 1.54) is 44.7 Å². The van der Waals surface area contributed by atoms with E-state index in [1.54, 1.807) is 0 Å². The van der Waals surface area contributed by atoms with E-state index in [-0.39, 0.29) is 0 Å². The summed E-state index contributed by atoms with van der Waals surface area (Å²) in [5.74, 6) is 2.84. The molecule has 2 aliphatic rings. The second kappa shape index (κ2) is 4.79. The molecule has 2 saturated heterocycles. The highest BCUT2D eigenvalue weighted by Crippen LogP contribution is 2.31. The monoisotopic (exact) mass is 245 g/mol. The molecule has 3 rings (SSSR count). The average molecular weight is 245 g/mol. The van der Waals surface area contributed by atoms with Gasteiger partial charge in [0, 0.05) is 44.1 Å². The van der Waals surface area contributed by atoms with Gasteiger partial charge < -0.3 is 9.80 Å². The largest absolute Gasteiger partial charge is 0.371 e. The minimum Gasteiger partial charge on any atom is -0.371 e. The van der Waals surface area contributed by atoms with E-state index in [9.17, 15) is 0 Å². The zero-order valence-electron chi connectivity index (χ0n) is 11.5. The molecule has 3 nitrogen and oxygen atoms in total. The lowest BCUT2D eigenvalue weighted by Crippen LogP contribution is -2.49. The molecule has 0 amide bonds. The van der Waals surface area contributed by atoms with E-state index < -0.39 is 0 Å². The summed E-state index contributed by atoms with van der Waals surface area (Å²) in [7, 11) is 0. The van der Waals surface area contributed by atoms with E-state index in [0.717, 1.165) is 17.7 Å². The van der Waals surface area contributed by atoms with Crippen molar-refractivity contribution in [1.82, 2.24) is 4.98 Å². The lowest BCUT2D eigenvalue weighted by atomic mass is 9.88. The summed E-state index contributed by atoms with van der Waals surface area (Å²) in [5, 5.41) is 0. The van der Waals surface area contributed by atoms with Crippen LogP contribution < -0.4 is 9.80 Å². The van der Waals surface area contributed by atoms with Crippen molar-refractivity contribution in [2.75, 3.05) is 36.0 Å². The molecule has 3 heterocycles. The molecule has 0 aromatic carbocycles. The van der Waals surface area contributed by atoms with Crippen LogP contribution in [0.5, 0.6) is 0 Å². The van der Waals surface area contributed by atoms with Gasteiger partial charge >= 0.3 is 0 Å². The quantitative estimate of drug-likeness (QED) is 0.816. The van der Waals surface area contributed by atoms with E-state index in [0.29, 0.717) is 0 Å². The second-order valence-corrected chi connectivity index (χ2v) is 5.98. The summed E-state index contributed by atoms with van der Waals surface area (Å²) < 4.78 is 0. The third kappa shape index (κ3) is 2.18. The van der Waals surface area contributed by atoms with Crippen LogP contribution in [0.2, 0.25) is 0 Å². The van der Waals surface area contributed by atoms with Crippen molar-refractivity contribution in [2.45, 2.75) is 26.7 Å². The summed E-state index contributed by atoms with van der Waals surface area (Å²) in [6.07, 6.45) is 4.59. The van der Waals surface area contributed by atoms with Crippen molar-refractivity contribution >= 4 is 11.5 Å². The number of aromatic nitrogens is 1. The van der Waals surface area contributed by atoms with Gasteiger partial charge in [-0.25, -0.2) is 4.98 Å². The molecular formula is C15H23N3. The Hall–Kier alpha value is -1.25. The van der Waals surface area contributed by atoms with Crippen LogP contribution in [0, 0.1) is 11.8 Å².